The molecule has 5 heteroatoms. The van der Waals surface area contributed by atoms with E-state index in [9.17, 15) is 0 Å². The quantitative estimate of drug-likeness (QED) is 0.882. The van der Waals surface area contributed by atoms with E-state index in [0.29, 0.717) is 5.92 Å². The fourth-order valence-electron chi connectivity index (χ4n) is 2.00. The molecule has 2 aromatic rings. The predicted molar refractivity (Wildman–Crippen MR) is 72.5 cm³/mol. The summed E-state index contributed by atoms with van der Waals surface area (Å²) in [5, 5.41) is 12.1. The Balaban J connectivity index is 2.05. The fraction of sp³-hybridized carbons (Fsp3) is 0.538. The minimum Gasteiger partial charge on any atom is -0.378 e. The zero-order valence-electron chi connectivity index (χ0n) is 11.5. The van der Waals surface area contributed by atoms with Crippen LogP contribution in [0.1, 0.15) is 37.9 Å². The van der Waals surface area contributed by atoms with E-state index < -0.39 is 0 Å². The van der Waals surface area contributed by atoms with E-state index in [1.165, 1.54) is 5.56 Å². The van der Waals surface area contributed by atoms with Crippen molar-refractivity contribution in [2.75, 3.05) is 5.32 Å². The molecule has 0 unspecified atom stereocenters. The van der Waals surface area contributed by atoms with Crippen LogP contribution in [-0.2, 0) is 20.1 Å². The molecule has 98 valence electrons. The van der Waals surface area contributed by atoms with Crippen molar-refractivity contribution in [3.05, 3.63) is 29.8 Å². The molecular weight excluding hydrogens is 226 g/mol. The number of nitrogens with one attached hydrogen (secondary N) is 1. The molecule has 0 bridgehead atoms. The first kappa shape index (κ1) is 12.7. The SMILES string of the molecule is CCn1cc(NCc2cn(C)nc2C(C)C)cn1. The maximum absolute atomic E-state index is 4.50. The summed E-state index contributed by atoms with van der Waals surface area (Å²) in [6.45, 7) is 8.10. The molecule has 2 heterocycles. The maximum atomic E-state index is 4.50. The van der Waals surface area contributed by atoms with Crippen LogP contribution in [0.5, 0.6) is 0 Å². The number of hydrogen-bond donors (Lipinski definition) is 1. The van der Waals surface area contributed by atoms with Gasteiger partial charge in [0.05, 0.1) is 17.6 Å². The zero-order valence-corrected chi connectivity index (χ0v) is 11.5. The Hall–Kier alpha value is -1.78. The second kappa shape index (κ2) is 5.25. The Labute approximate surface area is 108 Å². The lowest BCUT2D eigenvalue weighted by Crippen LogP contribution is -2.02. The minimum atomic E-state index is 0.446. The molecule has 0 saturated carbocycles. The molecule has 0 atom stereocenters. The van der Waals surface area contributed by atoms with E-state index in [1.54, 1.807) is 0 Å². The molecule has 0 aliphatic rings. The third kappa shape index (κ3) is 2.72. The summed E-state index contributed by atoms with van der Waals surface area (Å²) in [5.74, 6) is 0.446. The Kier molecular flexibility index (Phi) is 3.69. The Morgan fingerprint density at radius 2 is 2.11 bits per heavy atom. The maximum Gasteiger partial charge on any atom is 0.0729 e. The average Bonchev–Trinajstić information content (AvgIpc) is 2.92. The molecule has 1 N–H and O–H groups in total. The topological polar surface area (TPSA) is 47.7 Å². The number of hydrogen-bond acceptors (Lipinski definition) is 3. The molecular formula is C13H21N5. The van der Waals surface area contributed by atoms with E-state index in [1.807, 2.05) is 28.8 Å². The highest BCUT2D eigenvalue weighted by atomic mass is 15.3. The number of anilines is 1. The Bertz CT molecular complexity index is 509. The lowest BCUT2D eigenvalue weighted by Gasteiger charge is -2.06. The van der Waals surface area contributed by atoms with Crippen molar-refractivity contribution in [2.45, 2.75) is 39.8 Å². The molecule has 0 spiro atoms. The minimum absolute atomic E-state index is 0.446. The average molecular weight is 247 g/mol. The van der Waals surface area contributed by atoms with Crippen molar-refractivity contribution in [3.8, 4) is 0 Å². The van der Waals surface area contributed by atoms with Crippen molar-refractivity contribution in [3.63, 3.8) is 0 Å². The summed E-state index contributed by atoms with van der Waals surface area (Å²) in [7, 11) is 1.96. The standard InChI is InChI=1S/C13H21N5/c1-5-18-9-12(7-15-18)14-6-11-8-17(4)16-13(11)10(2)3/h7-10,14H,5-6H2,1-4H3. The summed E-state index contributed by atoms with van der Waals surface area (Å²) in [6, 6.07) is 0. The molecule has 0 saturated heterocycles. The van der Waals surface area contributed by atoms with Crippen LogP contribution in [0.25, 0.3) is 0 Å². The van der Waals surface area contributed by atoms with Gasteiger partial charge < -0.3 is 5.32 Å². The normalized spacial score (nSPS) is 11.2. The van der Waals surface area contributed by atoms with Gasteiger partial charge in [0.15, 0.2) is 0 Å². The summed E-state index contributed by atoms with van der Waals surface area (Å²) in [6.07, 6.45) is 5.95. The van der Waals surface area contributed by atoms with Gasteiger partial charge in [0.1, 0.15) is 0 Å². The molecule has 0 radical (unpaired) electrons. The molecule has 2 rings (SSSR count). The molecule has 0 aliphatic heterocycles. The van der Waals surface area contributed by atoms with Crippen molar-refractivity contribution >= 4 is 5.69 Å². The van der Waals surface area contributed by atoms with Crippen LogP contribution >= 0.6 is 0 Å². The summed E-state index contributed by atoms with van der Waals surface area (Å²) in [4.78, 5) is 0. The van der Waals surface area contributed by atoms with Gasteiger partial charge in [0.2, 0.25) is 0 Å². The van der Waals surface area contributed by atoms with Crippen molar-refractivity contribution in [1.82, 2.24) is 19.6 Å². The zero-order chi connectivity index (χ0) is 13.1. The van der Waals surface area contributed by atoms with Gasteiger partial charge in [-0.1, -0.05) is 13.8 Å². The van der Waals surface area contributed by atoms with E-state index >= 15 is 0 Å². The lowest BCUT2D eigenvalue weighted by molar-refractivity contribution is 0.660. The fourth-order valence-corrected chi connectivity index (χ4v) is 2.00. The van der Waals surface area contributed by atoms with E-state index in [4.69, 9.17) is 0 Å². The largest absolute Gasteiger partial charge is 0.378 e. The smallest absolute Gasteiger partial charge is 0.0729 e. The second-order valence-electron chi connectivity index (χ2n) is 4.81. The van der Waals surface area contributed by atoms with Crippen molar-refractivity contribution in [2.24, 2.45) is 7.05 Å². The van der Waals surface area contributed by atoms with Crippen LogP contribution in [0.15, 0.2) is 18.6 Å². The van der Waals surface area contributed by atoms with Crippen LogP contribution in [0, 0.1) is 0 Å². The summed E-state index contributed by atoms with van der Waals surface area (Å²) >= 11 is 0. The van der Waals surface area contributed by atoms with Gasteiger partial charge in [0, 0.05) is 38.1 Å². The molecule has 0 amide bonds. The molecule has 2 aromatic heterocycles. The highest BCUT2D eigenvalue weighted by molar-refractivity contribution is 5.39. The molecule has 5 nitrogen and oxygen atoms in total. The van der Waals surface area contributed by atoms with Gasteiger partial charge in [-0.15, -0.1) is 0 Å². The first-order valence-corrected chi connectivity index (χ1v) is 6.39. The number of aromatic nitrogens is 4. The number of rotatable bonds is 5. The second-order valence-corrected chi connectivity index (χ2v) is 4.81. The number of nitrogens with zero attached hydrogens (tertiary/aromatic N) is 4. The Morgan fingerprint density at radius 3 is 2.72 bits per heavy atom. The summed E-state index contributed by atoms with van der Waals surface area (Å²) in [5.41, 5.74) is 3.46. The highest BCUT2D eigenvalue weighted by Crippen LogP contribution is 2.18. The first-order valence-electron chi connectivity index (χ1n) is 6.39. The van der Waals surface area contributed by atoms with Crippen LogP contribution in [0.3, 0.4) is 0 Å². The van der Waals surface area contributed by atoms with Gasteiger partial charge >= 0.3 is 0 Å². The lowest BCUT2D eigenvalue weighted by atomic mass is 10.1. The van der Waals surface area contributed by atoms with Crippen molar-refractivity contribution < 1.29 is 0 Å². The highest BCUT2D eigenvalue weighted by Gasteiger charge is 2.11. The van der Waals surface area contributed by atoms with Crippen LogP contribution in [0.2, 0.25) is 0 Å². The van der Waals surface area contributed by atoms with Crippen LogP contribution in [0.4, 0.5) is 5.69 Å². The predicted octanol–water partition coefficient (Wildman–Crippen LogP) is 2.37. The van der Waals surface area contributed by atoms with Gasteiger partial charge in [-0.25, -0.2) is 0 Å². The summed E-state index contributed by atoms with van der Waals surface area (Å²) < 4.78 is 3.79. The molecule has 18 heavy (non-hydrogen) atoms. The van der Waals surface area contributed by atoms with Crippen LogP contribution < -0.4 is 5.32 Å². The van der Waals surface area contributed by atoms with Crippen molar-refractivity contribution in [1.29, 1.82) is 0 Å². The molecule has 0 aliphatic carbocycles. The third-order valence-electron chi connectivity index (χ3n) is 2.92. The Morgan fingerprint density at radius 1 is 1.33 bits per heavy atom. The van der Waals surface area contributed by atoms with Gasteiger partial charge in [0.25, 0.3) is 0 Å². The van der Waals surface area contributed by atoms with Crippen LogP contribution in [-0.4, -0.2) is 19.6 Å². The first-order chi connectivity index (χ1) is 8.60. The third-order valence-corrected chi connectivity index (χ3v) is 2.92. The van der Waals surface area contributed by atoms with Gasteiger partial charge in [-0.2, -0.15) is 10.2 Å². The monoisotopic (exact) mass is 247 g/mol. The molecule has 0 aromatic carbocycles. The van der Waals surface area contributed by atoms with Gasteiger partial charge in [-0.05, 0) is 12.8 Å². The van der Waals surface area contributed by atoms with E-state index in [-0.39, 0.29) is 0 Å². The van der Waals surface area contributed by atoms with E-state index in [2.05, 4.69) is 42.5 Å². The number of aryl methyl sites for hydroxylation is 2. The molecule has 0 fully saturated rings. The van der Waals surface area contributed by atoms with E-state index in [0.717, 1.165) is 24.5 Å². The van der Waals surface area contributed by atoms with Gasteiger partial charge in [-0.3, -0.25) is 9.36 Å².